The molecule has 2 rings (SSSR count). The Balaban J connectivity index is 2.12. The Hall–Kier alpha value is -2.62. The van der Waals surface area contributed by atoms with E-state index < -0.39 is 6.04 Å². The van der Waals surface area contributed by atoms with Crippen molar-refractivity contribution >= 4 is 11.8 Å². The lowest BCUT2D eigenvalue weighted by molar-refractivity contribution is -0.124. The number of nitrogens with one attached hydrogen (secondary N) is 2. The molecule has 2 amide bonds. The lowest BCUT2D eigenvalue weighted by atomic mass is 9.98. The molecule has 0 aliphatic heterocycles. The van der Waals surface area contributed by atoms with Gasteiger partial charge in [-0.3, -0.25) is 9.59 Å². The number of carbonyl (C=O) groups is 2. The highest BCUT2D eigenvalue weighted by molar-refractivity contribution is 5.97. The first-order valence-corrected chi connectivity index (χ1v) is 9.44. The quantitative estimate of drug-likeness (QED) is 0.803. The first-order valence-electron chi connectivity index (χ1n) is 9.44. The normalized spacial score (nSPS) is 13.1. The molecule has 2 atom stereocenters. The summed E-state index contributed by atoms with van der Waals surface area (Å²) in [6, 6.07) is 12.9. The fourth-order valence-electron chi connectivity index (χ4n) is 3.15. The lowest BCUT2D eigenvalue weighted by Gasteiger charge is -2.25. The van der Waals surface area contributed by atoms with Gasteiger partial charge in [-0.25, -0.2) is 0 Å². The summed E-state index contributed by atoms with van der Waals surface area (Å²) < 4.78 is 0. The zero-order valence-electron chi connectivity index (χ0n) is 17.1. The fourth-order valence-corrected chi connectivity index (χ4v) is 3.15. The number of hydrogen-bond acceptors (Lipinski definition) is 2. The van der Waals surface area contributed by atoms with Gasteiger partial charge < -0.3 is 10.6 Å². The zero-order chi connectivity index (χ0) is 20.1. The summed E-state index contributed by atoms with van der Waals surface area (Å²) in [7, 11) is 0. The van der Waals surface area contributed by atoms with Gasteiger partial charge in [0.15, 0.2) is 0 Å². The van der Waals surface area contributed by atoms with Gasteiger partial charge in [0.2, 0.25) is 5.91 Å². The summed E-state index contributed by atoms with van der Waals surface area (Å²) in [5.74, 6) is -0.420. The second-order valence-electron chi connectivity index (χ2n) is 7.65. The summed E-state index contributed by atoms with van der Waals surface area (Å²) >= 11 is 0. The van der Waals surface area contributed by atoms with Crippen LogP contribution in [-0.4, -0.2) is 17.9 Å². The number of aryl methyl sites for hydroxylation is 3. The van der Waals surface area contributed by atoms with E-state index in [0.29, 0.717) is 5.56 Å². The van der Waals surface area contributed by atoms with Crippen LogP contribution in [-0.2, 0) is 4.79 Å². The molecule has 0 heterocycles. The molecule has 144 valence electrons. The van der Waals surface area contributed by atoms with Crippen LogP contribution in [0.1, 0.15) is 59.4 Å². The number of benzene rings is 2. The third-order valence-corrected chi connectivity index (χ3v) is 4.78. The van der Waals surface area contributed by atoms with Gasteiger partial charge in [0.1, 0.15) is 6.04 Å². The molecule has 2 aromatic rings. The second kappa shape index (κ2) is 8.85. The molecule has 0 aromatic heterocycles. The Bertz CT molecular complexity index is 827. The fraction of sp³-hybridized carbons (Fsp3) is 0.391. The zero-order valence-corrected chi connectivity index (χ0v) is 17.1. The average Bonchev–Trinajstić information content (AvgIpc) is 2.60. The first-order chi connectivity index (χ1) is 12.7. The van der Waals surface area contributed by atoms with Crippen LogP contribution in [0.25, 0.3) is 0 Å². The molecule has 0 aliphatic rings. The second-order valence-corrected chi connectivity index (χ2v) is 7.65. The van der Waals surface area contributed by atoms with E-state index in [9.17, 15) is 9.59 Å². The van der Waals surface area contributed by atoms with E-state index in [1.54, 1.807) is 6.07 Å². The van der Waals surface area contributed by atoms with Crippen molar-refractivity contribution in [2.45, 2.75) is 53.6 Å². The topological polar surface area (TPSA) is 58.2 Å². The molecule has 0 bridgehead atoms. The first kappa shape index (κ1) is 20.7. The smallest absolute Gasteiger partial charge is 0.251 e. The maximum atomic E-state index is 12.9. The number of amides is 2. The minimum atomic E-state index is -0.592. The molecule has 4 nitrogen and oxygen atoms in total. The summed E-state index contributed by atoms with van der Waals surface area (Å²) in [6.45, 7) is 11.9. The maximum Gasteiger partial charge on any atom is 0.251 e. The van der Waals surface area contributed by atoms with Crippen molar-refractivity contribution in [3.8, 4) is 0 Å². The van der Waals surface area contributed by atoms with E-state index in [2.05, 4.69) is 28.8 Å². The third kappa shape index (κ3) is 5.43. The van der Waals surface area contributed by atoms with Crippen LogP contribution < -0.4 is 10.6 Å². The molecular weight excluding hydrogens is 336 g/mol. The molecule has 4 heteroatoms. The van der Waals surface area contributed by atoms with Crippen molar-refractivity contribution in [2.75, 3.05) is 0 Å². The van der Waals surface area contributed by atoms with Gasteiger partial charge in [-0.1, -0.05) is 55.3 Å². The van der Waals surface area contributed by atoms with Crippen molar-refractivity contribution in [1.29, 1.82) is 0 Å². The molecule has 0 radical (unpaired) electrons. The van der Waals surface area contributed by atoms with Gasteiger partial charge in [0, 0.05) is 5.56 Å². The van der Waals surface area contributed by atoms with E-state index in [1.165, 1.54) is 0 Å². The van der Waals surface area contributed by atoms with Gasteiger partial charge in [-0.2, -0.15) is 0 Å². The molecular formula is C23H30N2O2. The van der Waals surface area contributed by atoms with Crippen LogP contribution in [0, 0.1) is 26.7 Å². The predicted molar refractivity (Wildman–Crippen MR) is 110 cm³/mol. The van der Waals surface area contributed by atoms with Crippen LogP contribution in [0.5, 0.6) is 0 Å². The van der Waals surface area contributed by atoms with Gasteiger partial charge in [-0.05, 0) is 56.9 Å². The minimum Gasteiger partial charge on any atom is -0.348 e. The highest BCUT2D eigenvalue weighted by Crippen LogP contribution is 2.19. The van der Waals surface area contributed by atoms with Crippen LogP contribution in [0.3, 0.4) is 0 Å². The Morgan fingerprint density at radius 3 is 2.15 bits per heavy atom. The Labute approximate surface area is 162 Å². The molecule has 0 fully saturated rings. The van der Waals surface area contributed by atoms with E-state index in [1.807, 2.05) is 59.7 Å². The number of hydrogen-bond donors (Lipinski definition) is 2. The van der Waals surface area contributed by atoms with Crippen molar-refractivity contribution in [2.24, 2.45) is 5.92 Å². The number of rotatable bonds is 6. The van der Waals surface area contributed by atoms with Gasteiger partial charge >= 0.3 is 0 Å². The van der Waals surface area contributed by atoms with E-state index >= 15 is 0 Å². The van der Waals surface area contributed by atoms with Crippen molar-refractivity contribution in [3.63, 3.8) is 0 Å². The molecule has 0 spiro atoms. The van der Waals surface area contributed by atoms with Gasteiger partial charge in [0.25, 0.3) is 5.91 Å². The van der Waals surface area contributed by atoms with Crippen LogP contribution >= 0.6 is 0 Å². The summed E-state index contributed by atoms with van der Waals surface area (Å²) in [5, 5.41) is 5.95. The average molecular weight is 367 g/mol. The van der Waals surface area contributed by atoms with Crippen molar-refractivity contribution < 1.29 is 9.59 Å². The largest absolute Gasteiger partial charge is 0.348 e. The van der Waals surface area contributed by atoms with E-state index in [-0.39, 0.29) is 23.8 Å². The molecule has 27 heavy (non-hydrogen) atoms. The monoisotopic (exact) mass is 366 g/mol. The maximum absolute atomic E-state index is 12.9. The van der Waals surface area contributed by atoms with Gasteiger partial charge in [0.05, 0.1) is 6.04 Å². The SMILES string of the molecule is Cc1cccc(C(=O)N[C@H](C(=O)N[C@@H](C)c2cc(C)ccc2C)C(C)C)c1. The summed E-state index contributed by atoms with van der Waals surface area (Å²) in [4.78, 5) is 25.5. The van der Waals surface area contributed by atoms with E-state index in [4.69, 9.17) is 0 Å². The summed E-state index contributed by atoms with van der Waals surface area (Å²) in [5.41, 5.74) is 4.96. The Kier molecular flexibility index (Phi) is 6.78. The minimum absolute atomic E-state index is 0.0236. The highest BCUT2D eigenvalue weighted by Gasteiger charge is 2.26. The predicted octanol–water partition coefficient (Wildman–Crippen LogP) is 4.24. The Morgan fingerprint density at radius 2 is 1.52 bits per heavy atom. The third-order valence-electron chi connectivity index (χ3n) is 4.78. The van der Waals surface area contributed by atoms with E-state index in [0.717, 1.165) is 22.3 Å². The van der Waals surface area contributed by atoms with Crippen molar-refractivity contribution in [1.82, 2.24) is 10.6 Å². The van der Waals surface area contributed by atoms with Gasteiger partial charge in [-0.15, -0.1) is 0 Å². The van der Waals surface area contributed by atoms with Crippen LogP contribution in [0.2, 0.25) is 0 Å². The van der Waals surface area contributed by atoms with Crippen LogP contribution in [0.4, 0.5) is 0 Å². The highest BCUT2D eigenvalue weighted by atomic mass is 16.2. The molecule has 0 unspecified atom stereocenters. The molecule has 0 aliphatic carbocycles. The molecule has 0 saturated carbocycles. The standard InChI is InChI=1S/C23H30N2O2/c1-14(2)21(25-22(26)19-9-7-8-15(3)12-19)23(27)24-18(6)20-13-16(4)10-11-17(20)5/h7-14,18,21H,1-6H3,(H,24,27)(H,25,26)/t18-,21-/m0/s1. The molecule has 0 saturated heterocycles. The Morgan fingerprint density at radius 1 is 0.852 bits per heavy atom. The van der Waals surface area contributed by atoms with Crippen LogP contribution in [0.15, 0.2) is 42.5 Å². The lowest BCUT2D eigenvalue weighted by Crippen LogP contribution is -2.50. The molecule has 2 aromatic carbocycles. The number of carbonyl (C=O) groups excluding carboxylic acids is 2. The summed E-state index contributed by atoms with van der Waals surface area (Å²) in [6.07, 6.45) is 0. The van der Waals surface area contributed by atoms with Crippen molar-refractivity contribution in [3.05, 3.63) is 70.3 Å². The molecule has 2 N–H and O–H groups in total.